The van der Waals surface area contributed by atoms with Gasteiger partial charge in [-0.05, 0) is 39.0 Å². The minimum Gasteiger partial charge on any atom is -0.466 e. The molecular weight excluding hydrogens is 266 g/mol. The number of nitrogens with one attached hydrogen (secondary N) is 1. The van der Waals surface area contributed by atoms with Gasteiger partial charge in [0.2, 0.25) is 0 Å². The van der Waals surface area contributed by atoms with Gasteiger partial charge in [0.15, 0.2) is 0 Å². The molecule has 5 heteroatoms. The van der Waals surface area contributed by atoms with E-state index in [0.717, 1.165) is 45.2 Å². The van der Waals surface area contributed by atoms with Crippen LogP contribution in [0.3, 0.4) is 0 Å². The Bertz CT molecular complexity index is 436. The third kappa shape index (κ3) is 4.84. The summed E-state index contributed by atoms with van der Waals surface area (Å²) in [6, 6.07) is 0.505. The van der Waals surface area contributed by atoms with Crippen LogP contribution in [-0.4, -0.2) is 28.4 Å². The van der Waals surface area contributed by atoms with Gasteiger partial charge in [-0.1, -0.05) is 6.92 Å². The number of nitrogens with zero attached hydrogens (tertiary/aromatic N) is 2. The molecule has 1 N–H and O–H groups in total. The van der Waals surface area contributed by atoms with Gasteiger partial charge in [0.05, 0.1) is 18.7 Å². The van der Waals surface area contributed by atoms with Crippen LogP contribution in [0.4, 0.5) is 0 Å². The standard InChI is InChI=1S/C16H27N3O2/c1-3-9-19-12-13(11-18-19)10-17-15-7-5-14(6-8-15)16(20)21-4-2/h11-12,14-15,17H,3-10H2,1-2H3. The molecule has 21 heavy (non-hydrogen) atoms. The van der Waals surface area contributed by atoms with Crippen molar-refractivity contribution in [2.75, 3.05) is 6.61 Å². The fourth-order valence-electron chi connectivity index (χ4n) is 2.90. The average Bonchev–Trinajstić information content (AvgIpc) is 2.94. The van der Waals surface area contributed by atoms with Gasteiger partial charge in [0, 0.05) is 30.9 Å². The Kier molecular flexibility index (Phi) is 6.23. The Morgan fingerprint density at radius 3 is 2.81 bits per heavy atom. The highest BCUT2D eigenvalue weighted by Crippen LogP contribution is 2.25. The van der Waals surface area contributed by atoms with Crippen LogP contribution in [-0.2, 0) is 22.6 Å². The first-order chi connectivity index (χ1) is 10.2. The Morgan fingerprint density at radius 1 is 1.38 bits per heavy atom. The van der Waals surface area contributed by atoms with Crippen molar-refractivity contribution in [2.45, 2.75) is 65.1 Å². The maximum absolute atomic E-state index is 11.7. The summed E-state index contributed by atoms with van der Waals surface area (Å²) in [5.41, 5.74) is 1.23. The molecule has 0 unspecified atom stereocenters. The van der Waals surface area contributed by atoms with Crippen molar-refractivity contribution in [3.8, 4) is 0 Å². The number of carbonyl (C=O) groups is 1. The molecule has 118 valence electrons. The molecule has 0 radical (unpaired) electrons. The van der Waals surface area contributed by atoms with Crippen LogP contribution in [0.5, 0.6) is 0 Å². The summed E-state index contributed by atoms with van der Waals surface area (Å²) < 4.78 is 7.10. The predicted octanol–water partition coefficient (Wildman–Crippen LogP) is 2.50. The third-order valence-electron chi connectivity index (χ3n) is 4.08. The summed E-state index contributed by atoms with van der Waals surface area (Å²) in [7, 11) is 0. The number of aryl methyl sites for hydroxylation is 1. The lowest BCUT2D eigenvalue weighted by atomic mass is 9.86. The molecule has 1 saturated carbocycles. The quantitative estimate of drug-likeness (QED) is 0.785. The topological polar surface area (TPSA) is 56.2 Å². The van der Waals surface area contributed by atoms with E-state index in [1.807, 2.05) is 17.8 Å². The summed E-state index contributed by atoms with van der Waals surface area (Å²) in [5, 5.41) is 7.92. The monoisotopic (exact) mass is 293 g/mol. The zero-order chi connectivity index (χ0) is 15.1. The van der Waals surface area contributed by atoms with E-state index in [0.29, 0.717) is 12.6 Å². The second-order valence-corrected chi connectivity index (χ2v) is 5.79. The van der Waals surface area contributed by atoms with E-state index in [1.54, 1.807) is 0 Å². The van der Waals surface area contributed by atoms with E-state index in [1.165, 1.54) is 5.56 Å². The van der Waals surface area contributed by atoms with E-state index < -0.39 is 0 Å². The number of hydrogen-bond donors (Lipinski definition) is 1. The number of esters is 1. The summed E-state index contributed by atoms with van der Waals surface area (Å²) in [5.74, 6) is 0.0899. The van der Waals surface area contributed by atoms with Crippen LogP contribution in [0.25, 0.3) is 0 Å². The molecular formula is C16H27N3O2. The van der Waals surface area contributed by atoms with Gasteiger partial charge in [-0.3, -0.25) is 9.48 Å². The second kappa shape index (κ2) is 8.17. The molecule has 0 atom stereocenters. The average molecular weight is 293 g/mol. The second-order valence-electron chi connectivity index (χ2n) is 5.79. The highest BCUT2D eigenvalue weighted by molar-refractivity contribution is 5.72. The van der Waals surface area contributed by atoms with Crippen LogP contribution in [0, 0.1) is 5.92 Å². The Labute approximate surface area is 127 Å². The first-order valence-corrected chi connectivity index (χ1v) is 8.14. The number of hydrogen-bond acceptors (Lipinski definition) is 4. The number of carbonyl (C=O) groups excluding carboxylic acids is 1. The molecule has 0 amide bonds. The molecule has 1 aliphatic rings. The van der Waals surface area contributed by atoms with Crippen LogP contribution < -0.4 is 5.32 Å². The summed E-state index contributed by atoms with van der Waals surface area (Å²) in [6.07, 6.45) is 9.12. The fraction of sp³-hybridized carbons (Fsp3) is 0.750. The zero-order valence-corrected chi connectivity index (χ0v) is 13.2. The number of aromatic nitrogens is 2. The van der Waals surface area contributed by atoms with Crippen LogP contribution in [0.2, 0.25) is 0 Å². The smallest absolute Gasteiger partial charge is 0.308 e. The molecule has 0 bridgehead atoms. The van der Waals surface area contributed by atoms with Crippen LogP contribution in [0.15, 0.2) is 12.4 Å². The van der Waals surface area contributed by atoms with Gasteiger partial charge < -0.3 is 10.1 Å². The minimum absolute atomic E-state index is 0.0169. The molecule has 0 aliphatic heterocycles. The molecule has 2 rings (SSSR count). The van der Waals surface area contributed by atoms with E-state index in [9.17, 15) is 4.79 Å². The van der Waals surface area contributed by atoms with Gasteiger partial charge in [-0.15, -0.1) is 0 Å². The molecule has 1 aliphatic carbocycles. The van der Waals surface area contributed by atoms with Crippen molar-refractivity contribution in [1.82, 2.24) is 15.1 Å². The Morgan fingerprint density at radius 2 is 2.14 bits per heavy atom. The maximum Gasteiger partial charge on any atom is 0.308 e. The van der Waals surface area contributed by atoms with Gasteiger partial charge in [-0.25, -0.2) is 0 Å². The van der Waals surface area contributed by atoms with Crippen molar-refractivity contribution < 1.29 is 9.53 Å². The molecule has 0 saturated heterocycles. The Balaban J connectivity index is 1.69. The first-order valence-electron chi connectivity index (χ1n) is 8.14. The number of rotatable bonds is 7. The van der Waals surface area contributed by atoms with Crippen LogP contribution >= 0.6 is 0 Å². The normalized spacial score (nSPS) is 22.2. The van der Waals surface area contributed by atoms with Crippen molar-refractivity contribution in [2.24, 2.45) is 5.92 Å². The lowest BCUT2D eigenvalue weighted by Gasteiger charge is -2.27. The lowest BCUT2D eigenvalue weighted by molar-refractivity contribution is -0.149. The van der Waals surface area contributed by atoms with Gasteiger partial charge in [-0.2, -0.15) is 5.10 Å². The van der Waals surface area contributed by atoms with Gasteiger partial charge in [0.1, 0.15) is 0 Å². The molecule has 1 aromatic heterocycles. The largest absolute Gasteiger partial charge is 0.466 e. The molecule has 5 nitrogen and oxygen atoms in total. The summed E-state index contributed by atoms with van der Waals surface area (Å²) >= 11 is 0. The minimum atomic E-state index is -0.0169. The Hall–Kier alpha value is -1.36. The van der Waals surface area contributed by atoms with E-state index >= 15 is 0 Å². The van der Waals surface area contributed by atoms with Crippen molar-refractivity contribution >= 4 is 5.97 Å². The van der Waals surface area contributed by atoms with E-state index in [4.69, 9.17) is 4.74 Å². The molecule has 0 spiro atoms. The van der Waals surface area contributed by atoms with Crippen LogP contribution in [0.1, 0.15) is 51.5 Å². The highest BCUT2D eigenvalue weighted by atomic mass is 16.5. The molecule has 0 aromatic carbocycles. The summed E-state index contributed by atoms with van der Waals surface area (Å²) in [6.45, 7) is 6.34. The van der Waals surface area contributed by atoms with Gasteiger partial charge >= 0.3 is 5.97 Å². The zero-order valence-electron chi connectivity index (χ0n) is 13.2. The van der Waals surface area contributed by atoms with Gasteiger partial charge in [0.25, 0.3) is 0 Å². The fourth-order valence-corrected chi connectivity index (χ4v) is 2.90. The third-order valence-corrected chi connectivity index (χ3v) is 4.08. The predicted molar refractivity (Wildman–Crippen MR) is 81.7 cm³/mol. The van der Waals surface area contributed by atoms with E-state index in [2.05, 4.69) is 23.5 Å². The SMILES string of the molecule is CCCn1cc(CNC2CCC(C(=O)OCC)CC2)cn1. The van der Waals surface area contributed by atoms with E-state index in [-0.39, 0.29) is 11.9 Å². The lowest BCUT2D eigenvalue weighted by Crippen LogP contribution is -2.35. The maximum atomic E-state index is 11.7. The first kappa shape index (κ1) is 16.0. The molecule has 1 fully saturated rings. The van der Waals surface area contributed by atoms with Crippen molar-refractivity contribution in [3.05, 3.63) is 18.0 Å². The highest BCUT2D eigenvalue weighted by Gasteiger charge is 2.26. The van der Waals surface area contributed by atoms with Crippen molar-refractivity contribution in [1.29, 1.82) is 0 Å². The molecule has 1 aromatic rings. The van der Waals surface area contributed by atoms with Crippen molar-refractivity contribution in [3.63, 3.8) is 0 Å². The summed E-state index contributed by atoms with van der Waals surface area (Å²) in [4.78, 5) is 11.7. The molecule has 1 heterocycles. The number of ether oxygens (including phenoxy) is 1.